The second-order valence-corrected chi connectivity index (χ2v) is 7.00. The van der Waals surface area contributed by atoms with Gasteiger partial charge in [-0.1, -0.05) is 23.2 Å². The summed E-state index contributed by atoms with van der Waals surface area (Å²) in [6.07, 6.45) is 0.904. The summed E-state index contributed by atoms with van der Waals surface area (Å²) >= 11 is 11.6. The van der Waals surface area contributed by atoms with E-state index in [1.165, 1.54) is 0 Å². The van der Waals surface area contributed by atoms with Gasteiger partial charge >= 0.3 is 5.97 Å². The smallest absolute Gasteiger partial charge is 0.322 e. The fourth-order valence-electron chi connectivity index (χ4n) is 1.63. The zero-order valence-electron chi connectivity index (χ0n) is 10.9. The zero-order chi connectivity index (χ0) is 16.5. The molecular weight excluding hydrogens is 343 g/mol. The number of Topliss-reactive ketones (excluding diaryl/α,β-unsaturated/α-hetero) is 2. The molecule has 21 heavy (non-hydrogen) atoms. The van der Waals surface area contributed by atoms with Crippen LogP contribution in [0.15, 0.2) is 17.0 Å². The second-order valence-electron chi connectivity index (χ2n) is 4.26. The fraction of sp³-hybridized carbons (Fsp3) is 0.250. The molecule has 0 bridgehead atoms. The van der Waals surface area contributed by atoms with Crippen LogP contribution in [0.25, 0.3) is 0 Å². The molecule has 114 valence electrons. The summed E-state index contributed by atoms with van der Waals surface area (Å²) in [7, 11) is -3.66. The third-order valence-corrected chi connectivity index (χ3v) is 4.76. The molecule has 9 heteroatoms. The maximum atomic E-state index is 12.1. The average Bonchev–Trinajstić information content (AvgIpc) is 2.29. The van der Waals surface area contributed by atoms with E-state index >= 15 is 0 Å². The van der Waals surface area contributed by atoms with Gasteiger partial charge in [0.05, 0.1) is 14.9 Å². The lowest BCUT2D eigenvalue weighted by Crippen LogP contribution is -2.30. The van der Waals surface area contributed by atoms with Crippen LogP contribution in [0.5, 0.6) is 0 Å². The summed E-state index contributed by atoms with van der Waals surface area (Å²) in [5.41, 5.74) is -0.323. The van der Waals surface area contributed by atoms with Crippen molar-refractivity contribution in [1.29, 1.82) is 0 Å². The molecule has 1 rings (SSSR count). The van der Waals surface area contributed by atoms with Gasteiger partial charge in [0, 0.05) is 11.8 Å². The van der Waals surface area contributed by atoms with E-state index < -0.39 is 43.3 Å². The molecule has 0 aliphatic rings. The number of aliphatic carboxylic acids is 1. The Kier molecular flexibility index (Phi) is 5.14. The quantitative estimate of drug-likeness (QED) is 0.640. The van der Waals surface area contributed by atoms with Crippen molar-refractivity contribution in [2.75, 3.05) is 6.26 Å². The Bertz CT molecular complexity index is 724. The third-order valence-electron chi connectivity index (χ3n) is 2.63. The second kappa shape index (κ2) is 6.13. The van der Waals surface area contributed by atoms with Gasteiger partial charge in [0.15, 0.2) is 27.3 Å². The number of carbonyl (C=O) groups is 3. The van der Waals surface area contributed by atoms with Crippen LogP contribution in [-0.4, -0.2) is 37.3 Å². The molecule has 0 aromatic heterocycles. The van der Waals surface area contributed by atoms with Gasteiger partial charge in [-0.3, -0.25) is 14.4 Å². The lowest BCUT2D eigenvalue weighted by atomic mass is 9.94. The van der Waals surface area contributed by atoms with Crippen molar-refractivity contribution < 1.29 is 27.9 Å². The van der Waals surface area contributed by atoms with Gasteiger partial charge in [0.1, 0.15) is 0 Å². The van der Waals surface area contributed by atoms with Gasteiger partial charge in [0.25, 0.3) is 0 Å². The molecule has 0 amide bonds. The Morgan fingerprint density at radius 1 is 1.14 bits per heavy atom. The molecule has 0 saturated carbocycles. The number of benzene rings is 1. The summed E-state index contributed by atoms with van der Waals surface area (Å²) in [4.78, 5) is 34.0. The Morgan fingerprint density at radius 3 is 2.05 bits per heavy atom. The molecule has 0 heterocycles. The number of rotatable bonds is 5. The number of carboxylic acids is 1. The largest absolute Gasteiger partial charge is 0.480 e. The normalized spacial score (nSPS) is 12.8. The highest BCUT2D eigenvalue weighted by Crippen LogP contribution is 2.33. The van der Waals surface area contributed by atoms with E-state index in [9.17, 15) is 22.8 Å². The van der Waals surface area contributed by atoms with Crippen LogP contribution in [0.3, 0.4) is 0 Å². The van der Waals surface area contributed by atoms with Crippen LogP contribution in [-0.2, 0) is 19.4 Å². The number of carbonyl (C=O) groups excluding carboxylic acids is 2. The Hall–Kier alpha value is -1.44. The van der Waals surface area contributed by atoms with Crippen molar-refractivity contribution >= 4 is 50.6 Å². The van der Waals surface area contributed by atoms with E-state index in [1.807, 2.05) is 0 Å². The van der Waals surface area contributed by atoms with Crippen molar-refractivity contribution in [2.24, 2.45) is 5.92 Å². The molecule has 6 nitrogen and oxygen atoms in total. The lowest BCUT2D eigenvalue weighted by molar-refractivity contribution is -0.143. The van der Waals surface area contributed by atoms with Gasteiger partial charge < -0.3 is 5.11 Å². The maximum Gasteiger partial charge on any atom is 0.322 e. The van der Waals surface area contributed by atoms with E-state index in [4.69, 9.17) is 28.3 Å². The zero-order valence-corrected chi connectivity index (χ0v) is 13.2. The number of halogens is 2. The molecule has 0 aliphatic carbocycles. The number of ketones is 2. The van der Waals surface area contributed by atoms with Crippen LogP contribution >= 0.6 is 23.2 Å². The first kappa shape index (κ1) is 17.6. The summed E-state index contributed by atoms with van der Waals surface area (Å²) in [5.74, 6) is -5.46. The van der Waals surface area contributed by atoms with Gasteiger partial charge in [-0.2, -0.15) is 0 Å². The number of carboxylic acid groups (broad SMARTS) is 1. The van der Waals surface area contributed by atoms with Crippen molar-refractivity contribution in [2.45, 2.75) is 11.8 Å². The molecule has 0 fully saturated rings. The maximum absolute atomic E-state index is 12.1. The molecule has 1 aromatic carbocycles. The van der Waals surface area contributed by atoms with Crippen LogP contribution < -0.4 is 0 Å². The Balaban J connectivity index is 3.47. The van der Waals surface area contributed by atoms with E-state index in [2.05, 4.69) is 0 Å². The number of hydrogen-bond donors (Lipinski definition) is 1. The summed E-state index contributed by atoms with van der Waals surface area (Å²) in [6.45, 7) is 0.955. The van der Waals surface area contributed by atoms with Crippen LogP contribution in [0.1, 0.15) is 17.3 Å². The van der Waals surface area contributed by atoms with Crippen molar-refractivity contribution in [1.82, 2.24) is 0 Å². The van der Waals surface area contributed by atoms with Crippen molar-refractivity contribution in [3.63, 3.8) is 0 Å². The van der Waals surface area contributed by atoms with Crippen LogP contribution in [0.4, 0.5) is 0 Å². The van der Waals surface area contributed by atoms with E-state index in [1.54, 1.807) is 0 Å². The van der Waals surface area contributed by atoms with Crippen molar-refractivity contribution in [3.8, 4) is 0 Å². The number of sulfone groups is 1. The van der Waals surface area contributed by atoms with Gasteiger partial charge in [-0.25, -0.2) is 8.42 Å². The summed E-state index contributed by atoms with van der Waals surface area (Å²) < 4.78 is 22.9. The van der Waals surface area contributed by atoms with Crippen molar-refractivity contribution in [3.05, 3.63) is 27.7 Å². The molecule has 0 radical (unpaired) electrons. The molecule has 1 aromatic rings. The minimum atomic E-state index is -3.66. The third kappa shape index (κ3) is 3.61. The lowest BCUT2D eigenvalue weighted by Gasteiger charge is -2.12. The SMILES string of the molecule is CC(=O)C(C(=O)O)C(=O)c1ccc(S(C)(=O)=O)c(Cl)c1Cl. The van der Waals surface area contributed by atoms with E-state index in [0.717, 1.165) is 25.3 Å². The Morgan fingerprint density at radius 2 is 1.67 bits per heavy atom. The minimum Gasteiger partial charge on any atom is -0.480 e. The van der Waals surface area contributed by atoms with Crippen LogP contribution in [0.2, 0.25) is 10.0 Å². The predicted octanol–water partition coefficient (Wildman–Crippen LogP) is 1.87. The Labute approximate surface area is 130 Å². The van der Waals surface area contributed by atoms with Crippen LogP contribution in [0, 0.1) is 5.92 Å². The number of hydrogen-bond acceptors (Lipinski definition) is 5. The summed E-state index contributed by atoms with van der Waals surface area (Å²) in [6, 6.07) is 2.07. The molecule has 1 atom stereocenters. The molecule has 1 N–H and O–H groups in total. The summed E-state index contributed by atoms with van der Waals surface area (Å²) in [5, 5.41) is 8.11. The van der Waals surface area contributed by atoms with E-state index in [0.29, 0.717) is 0 Å². The highest BCUT2D eigenvalue weighted by Gasteiger charge is 2.34. The first-order chi connectivity index (χ1) is 9.48. The van der Waals surface area contributed by atoms with E-state index in [-0.39, 0.29) is 10.5 Å². The monoisotopic (exact) mass is 352 g/mol. The standard InChI is InChI=1S/C12H10Cl2O6S/c1-5(15)8(12(17)18)11(16)6-3-4-7(21(2,19)20)10(14)9(6)13/h3-4,8H,1-2H3,(H,17,18). The topological polar surface area (TPSA) is 106 Å². The molecule has 0 spiro atoms. The average molecular weight is 353 g/mol. The molecule has 1 unspecified atom stereocenters. The van der Waals surface area contributed by atoms with Gasteiger partial charge in [-0.15, -0.1) is 0 Å². The highest BCUT2D eigenvalue weighted by atomic mass is 35.5. The first-order valence-corrected chi connectivity index (χ1v) is 8.08. The fourth-order valence-corrected chi connectivity index (χ4v) is 3.28. The molecule has 0 saturated heterocycles. The molecule has 0 aliphatic heterocycles. The minimum absolute atomic E-state index is 0.291. The predicted molar refractivity (Wildman–Crippen MR) is 75.7 cm³/mol. The first-order valence-electron chi connectivity index (χ1n) is 5.44. The van der Waals surface area contributed by atoms with Gasteiger partial charge in [-0.05, 0) is 19.1 Å². The van der Waals surface area contributed by atoms with Gasteiger partial charge in [0.2, 0.25) is 0 Å². The molecular formula is C12H10Cl2O6S. The highest BCUT2D eigenvalue weighted by molar-refractivity contribution is 7.90.